The van der Waals surface area contributed by atoms with Gasteiger partial charge in [-0.1, -0.05) is 30.1 Å². The number of benzene rings is 1. The van der Waals surface area contributed by atoms with Crippen molar-refractivity contribution in [2.24, 2.45) is 5.92 Å². The Bertz CT molecular complexity index is 1010. The van der Waals surface area contributed by atoms with E-state index in [1.54, 1.807) is 43.0 Å². The van der Waals surface area contributed by atoms with Gasteiger partial charge >= 0.3 is 0 Å². The first-order valence-corrected chi connectivity index (χ1v) is 10.5. The van der Waals surface area contributed by atoms with Crippen molar-refractivity contribution in [2.45, 2.75) is 25.8 Å². The van der Waals surface area contributed by atoms with Crippen LogP contribution in [0.3, 0.4) is 0 Å². The van der Waals surface area contributed by atoms with Crippen molar-refractivity contribution in [2.75, 3.05) is 18.4 Å². The number of amides is 1. The van der Waals surface area contributed by atoms with Crippen molar-refractivity contribution in [3.8, 4) is 5.69 Å². The molecule has 1 aromatic carbocycles. The maximum atomic E-state index is 13.6. The summed E-state index contributed by atoms with van der Waals surface area (Å²) in [6.07, 6.45) is 8.21. The summed E-state index contributed by atoms with van der Waals surface area (Å²) in [5.41, 5.74) is 1.07. The van der Waals surface area contributed by atoms with E-state index in [9.17, 15) is 4.79 Å². The molecule has 4 rings (SSSR count). The molecule has 1 amide bonds. The number of anilines is 1. The van der Waals surface area contributed by atoms with E-state index in [-0.39, 0.29) is 11.9 Å². The van der Waals surface area contributed by atoms with Crippen LogP contribution in [-0.4, -0.2) is 54.9 Å². The van der Waals surface area contributed by atoms with Gasteiger partial charge in [-0.15, -0.1) is 0 Å². The Morgan fingerprint density at radius 2 is 1.90 bits per heavy atom. The van der Waals surface area contributed by atoms with Crippen LogP contribution in [0.25, 0.3) is 5.69 Å². The average Bonchev–Trinajstić information content (AvgIpc) is 3.28. The lowest BCUT2D eigenvalue weighted by atomic mass is 9.90. The summed E-state index contributed by atoms with van der Waals surface area (Å²) in [5, 5.41) is 12.6. The van der Waals surface area contributed by atoms with Gasteiger partial charge in [-0.05, 0) is 37.0 Å². The average molecular weight is 446 g/mol. The zero-order valence-corrected chi connectivity index (χ0v) is 17.9. The number of aromatic nitrogens is 5. The minimum absolute atomic E-state index is 0.0142. The molecule has 1 aliphatic rings. The number of carbonyl (C=O) groups excluding carboxylic acids is 1. The molecule has 10 heteroatoms. The lowest BCUT2D eigenvalue weighted by Gasteiger charge is -2.40. The quantitative estimate of drug-likeness (QED) is 0.643. The predicted octanol–water partition coefficient (Wildman–Crippen LogP) is 3.72. The lowest BCUT2D eigenvalue weighted by molar-refractivity contribution is 0.0539. The predicted molar refractivity (Wildman–Crippen MR) is 115 cm³/mol. The van der Waals surface area contributed by atoms with E-state index >= 15 is 0 Å². The molecule has 0 spiro atoms. The fourth-order valence-corrected chi connectivity index (χ4v) is 4.02. The van der Waals surface area contributed by atoms with Gasteiger partial charge in [-0.25, -0.2) is 9.97 Å². The largest absolute Gasteiger partial charge is 0.352 e. The Balaban J connectivity index is 1.59. The molecule has 30 heavy (non-hydrogen) atoms. The van der Waals surface area contributed by atoms with E-state index in [4.69, 9.17) is 23.2 Å². The summed E-state index contributed by atoms with van der Waals surface area (Å²) in [6, 6.07) is 5.13. The molecule has 0 radical (unpaired) electrons. The van der Waals surface area contributed by atoms with Gasteiger partial charge in [0.05, 0.1) is 47.1 Å². The van der Waals surface area contributed by atoms with E-state index in [0.717, 1.165) is 12.8 Å². The Morgan fingerprint density at radius 3 is 2.63 bits per heavy atom. The first kappa shape index (κ1) is 20.6. The second-order valence-corrected chi connectivity index (χ2v) is 8.14. The minimum Gasteiger partial charge on any atom is -0.352 e. The monoisotopic (exact) mass is 445 g/mol. The highest BCUT2D eigenvalue weighted by atomic mass is 35.5. The van der Waals surface area contributed by atoms with Crippen molar-refractivity contribution in [3.63, 3.8) is 0 Å². The SMILES string of the molecule is C[C@@H]1CCCN(C(=O)c2ccc(Cl)cc2-n2nccn2)[C@@H]1CNc1ncc(Cl)cn1. The summed E-state index contributed by atoms with van der Waals surface area (Å²) in [7, 11) is 0. The Labute approximate surface area is 184 Å². The van der Waals surface area contributed by atoms with Crippen molar-refractivity contribution in [3.05, 3.63) is 58.6 Å². The van der Waals surface area contributed by atoms with Gasteiger partial charge in [0.2, 0.25) is 5.95 Å². The van der Waals surface area contributed by atoms with Gasteiger partial charge in [0.25, 0.3) is 5.91 Å². The third-order valence-corrected chi connectivity index (χ3v) is 5.72. The number of nitrogens with one attached hydrogen (secondary N) is 1. The summed E-state index contributed by atoms with van der Waals surface area (Å²) in [4.78, 5) is 25.3. The molecule has 1 fully saturated rings. The third kappa shape index (κ3) is 4.39. The summed E-state index contributed by atoms with van der Waals surface area (Å²) in [5.74, 6) is 0.730. The normalized spacial score (nSPS) is 19.0. The van der Waals surface area contributed by atoms with Crippen molar-refractivity contribution >= 4 is 35.1 Å². The van der Waals surface area contributed by atoms with Crippen LogP contribution >= 0.6 is 23.2 Å². The first-order chi connectivity index (χ1) is 14.5. The van der Waals surface area contributed by atoms with E-state index in [1.165, 1.54) is 4.80 Å². The maximum absolute atomic E-state index is 13.6. The zero-order valence-electron chi connectivity index (χ0n) is 16.4. The van der Waals surface area contributed by atoms with Gasteiger partial charge in [-0.3, -0.25) is 4.79 Å². The van der Waals surface area contributed by atoms with E-state index < -0.39 is 0 Å². The van der Waals surface area contributed by atoms with Gasteiger partial charge in [0, 0.05) is 18.1 Å². The van der Waals surface area contributed by atoms with Crippen LogP contribution in [-0.2, 0) is 0 Å². The van der Waals surface area contributed by atoms with E-state index in [0.29, 0.717) is 46.3 Å². The molecule has 1 N–H and O–H groups in total. The molecular weight excluding hydrogens is 425 g/mol. The topological polar surface area (TPSA) is 88.8 Å². The molecule has 2 atom stereocenters. The molecule has 0 saturated carbocycles. The van der Waals surface area contributed by atoms with Crippen molar-refractivity contribution in [1.82, 2.24) is 29.9 Å². The summed E-state index contributed by atoms with van der Waals surface area (Å²) >= 11 is 12.0. The molecule has 2 aromatic heterocycles. The van der Waals surface area contributed by atoms with Crippen molar-refractivity contribution < 1.29 is 4.79 Å². The summed E-state index contributed by atoms with van der Waals surface area (Å²) in [6.45, 7) is 3.37. The number of piperidine rings is 1. The minimum atomic E-state index is -0.0747. The molecule has 3 heterocycles. The van der Waals surface area contributed by atoms with E-state index in [2.05, 4.69) is 32.4 Å². The van der Waals surface area contributed by atoms with E-state index in [1.807, 2.05) is 4.90 Å². The zero-order chi connectivity index (χ0) is 21.1. The third-order valence-electron chi connectivity index (χ3n) is 5.29. The Kier molecular flexibility index (Phi) is 6.15. The Hall–Kier alpha value is -2.71. The van der Waals surface area contributed by atoms with Crippen molar-refractivity contribution in [1.29, 1.82) is 0 Å². The Morgan fingerprint density at radius 1 is 1.17 bits per heavy atom. The highest BCUT2D eigenvalue weighted by molar-refractivity contribution is 6.31. The molecule has 156 valence electrons. The molecule has 1 aliphatic heterocycles. The molecular formula is C20H21Cl2N7O. The van der Waals surface area contributed by atoms with Crippen LogP contribution in [0.1, 0.15) is 30.1 Å². The molecule has 3 aromatic rings. The first-order valence-electron chi connectivity index (χ1n) is 9.71. The fourth-order valence-electron chi connectivity index (χ4n) is 3.76. The molecule has 0 unspecified atom stereocenters. The van der Waals surface area contributed by atoms with Crippen LogP contribution in [0, 0.1) is 5.92 Å². The standard InChI is InChI=1S/C20H21Cl2N7O/c1-13-3-2-8-28(18(13)12-25-20-23-10-15(22)11-24-20)19(30)16-5-4-14(21)9-17(16)29-26-6-7-27-29/h4-7,9-11,13,18H,2-3,8,12H2,1H3,(H,23,24,25)/t13-,18-/m1/s1. The maximum Gasteiger partial charge on any atom is 0.256 e. The number of hydrogen-bond acceptors (Lipinski definition) is 6. The van der Waals surface area contributed by atoms with Crippen LogP contribution in [0.5, 0.6) is 0 Å². The summed E-state index contributed by atoms with van der Waals surface area (Å²) < 4.78 is 0. The lowest BCUT2D eigenvalue weighted by Crippen LogP contribution is -2.51. The molecule has 8 nitrogen and oxygen atoms in total. The van der Waals surface area contributed by atoms with Gasteiger partial charge in [-0.2, -0.15) is 15.0 Å². The fraction of sp³-hybridized carbons (Fsp3) is 0.350. The smallest absolute Gasteiger partial charge is 0.256 e. The highest BCUT2D eigenvalue weighted by Crippen LogP contribution is 2.28. The van der Waals surface area contributed by atoms with Crippen LogP contribution in [0.4, 0.5) is 5.95 Å². The van der Waals surface area contributed by atoms with Crippen LogP contribution in [0.15, 0.2) is 43.0 Å². The second kappa shape index (κ2) is 8.97. The highest BCUT2D eigenvalue weighted by Gasteiger charge is 2.33. The number of nitrogens with zero attached hydrogens (tertiary/aromatic N) is 6. The second-order valence-electron chi connectivity index (χ2n) is 7.27. The molecule has 0 bridgehead atoms. The number of rotatable bonds is 5. The number of hydrogen-bond donors (Lipinski definition) is 1. The molecule has 1 saturated heterocycles. The number of halogens is 2. The van der Waals surface area contributed by atoms with Gasteiger partial charge in [0.15, 0.2) is 0 Å². The number of likely N-dealkylation sites (tertiary alicyclic amines) is 1. The molecule has 0 aliphatic carbocycles. The van der Waals surface area contributed by atoms with Crippen LogP contribution < -0.4 is 5.32 Å². The van der Waals surface area contributed by atoms with Crippen LogP contribution in [0.2, 0.25) is 10.0 Å². The van der Waals surface area contributed by atoms with Gasteiger partial charge in [0.1, 0.15) is 0 Å². The van der Waals surface area contributed by atoms with Gasteiger partial charge < -0.3 is 10.2 Å². The number of carbonyl (C=O) groups is 1.